The highest BCUT2D eigenvalue weighted by Crippen LogP contribution is 2.41. The topological polar surface area (TPSA) is 164 Å². The first-order chi connectivity index (χ1) is 32.4. The molecule has 67 heavy (non-hydrogen) atoms. The molecule has 4 aliphatic heterocycles. The summed E-state index contributed by atoms with van der Waals surface area (Å²) < 4.78 is 18.9. The summed E-state index contributed by atoms with van der Waals surface area (Å²) in [6.07, 6.45) is 8.88. The first-order valence-corrected chi connectivity index (χ1v) is 26.1. The second-order valence-electron chi connectivity index (χ2n) is 17.9. The van der Waals surface area contributed by atoms with Crippen LogP contribution in [0, 0.1) is 11.8 Å². The van der Waals surface area contributed by atoms with Crippen molar-refractivity contribution in [3.63, 3.8) is 0 Å². The Morgan fingerprint density at radius 3 is 2.49 bits per heavy atom. The van der Waals surface area contributed by atoms with Crippen molar-refractivity contribution in [1.29, 1.82) is 0 Å². The zero-order valence-electron chi connectivity index (χ0n) is 38.6. The fourth-order valence-corrected chi connectivity index (χ4v) is 10.7. The summed E-state index contributed by atoms with van der Waals surface area (Å²) in [5.74, 6) is 7.58. The van der Waals surface area contributed by atoms with E-state index in [1.807, 2.05) is 53.4 Å². The Morgan fingerprint density at radius 1 is 0.970 bits per heavy atom. The van der Waals surface area contributed by atoms with Gasteiger partial charge in [0.15, 0.2) is 5.82 Å². The maximum absolute atomic E-state index is 13.0. The van der Waals surface area contributed by atoms with E-state index < -0.39 is 7.14 Å². The average molecular weight is 948 g/mol. The summed E-state index contributed by atoms with van der Waals surface area (Å²) in [6, 6.07) is 17.6. The largest absolute Gasteiger partial charge is 0.494 e. The highest BCUT2D eigenvalue weighted by Gasteiger charge is 2.35. The molecule has 4 N–H and O–H groups in total. The van der Waals surface area contributed by atoms with Gasteiger partial charge >= 0.3 is 0 Å². The molecule has 0 radical (unpaired) electrons. The number of rotatable bonds is 15. The molecule has 8 rings (SSSR count). The maximum atomic E-state index is 13.0. The minimum Gasteiger partial charge on any atom is -0.494 e. The predicted octanol–water partition coefficient (Wildman–Crippen LogP) is 7.04. The van der Waals surface area contributed by atoms with E-state index in [0.717, 1.165) is 100 Å². The molecule has 1 atom stereocenters. The molecule has 352 valence electrons. The monoisotopic (exact) mass is 946 g/mol. The van der Waals surface area contributed by atoms with Crippen LogP contribution in [0.1, 0.15) is 66.4 Å². The van der Waals surface area contributed by atoms with E-state index in [9.17, 15) is 18.9 Å². The van der Waals surface area contributed by atoms with Crippen molar-refractivity contribution in [2.24, 2.45) is 0 Å². The number of hydrogen-bond acceptors (Lipinski definition) is 12. The Bertz CT molecular complexity index is 2600. The number of amides is 3. The van der Waals surface area contributed by atoms with Gasteiger partial charge in [-0.2, -0.15) is 4.98 Å². The fraction of sp³-hybridized carbons (Fsp3) is 0.420. The summed E-state index contributed by atoms with van der Waals surface area (Å²) in [5, 5.41) is 13.4. The Hall–Kier alpha value is -5.91. The molecule has 17 heteroatoms. The summed E-state index contributed by atoms with van der Waals surface area (Å²) in [5.41, 5.74) is 5.36. The average Bonchev–Trinajstić information content (AvgIpc) is 3.66. The number of nitrogens with one attached hydrogen (secondary N) is 4. The van der Waals surface area contributed by atoms with Crippen LogP contribution in [0.5, 0.6) is 5.75 Å². The quantitative estimate of drug-likeness (QED) is 0.0417. The normalized spacial score (nSPS) is 18.1. The number of piperazine rings is 1. The van der Waals surface area contributed by atoms with Crippen LogP contribution in [0.4, 0.5) is 34.5 Å². The van der Waals surface area contributed by atoms with Gasteiger partial charge in [0.25, 0.3) is 5.91 Å². The molecule has 3 aromatic carbocycles. The first kappa shape index (κ1) is 47.6. The lowest BCUT2D eigenvalue weighted by atomic mass is 10.0. The van der Waals surface area contributed by atoms with Crippen LogP contribution < -0.4 is 36.2 Å². The number of methoxy groups -OCH3 is 1. The number of para-hydroxylation sites is 1. The summed E-state index contributed by atoms with van der Waals surface area (Å²) in [7, 11) is -0.998. The lowest BCUT2D eigenvalue weighted by molar-refractivity contribution is -0.123. The maximum Gasteiger partial charge on any atom is 0.254 e. The van der Waals surface area contributed by atoms with Crippen molar-refractivity contribution in [2.75, 3.05) is 93.6 Å². The molecule has 3 saturated heterocycles. The second kappa shape index (κ2) is 21.4. The van der Waals surface area contributed by atoms with E-state index in [2.05, 4.69) is 70.4 Å². The van der Waals surface area contributed by atoms with Gasteiger partial charge in [0.05, 0.1) is 42.1 Å². The van der Waals surface area contributed by atoms with Crippen LogP contribution in [-0.2, 0) is 20.7 Å². The summed E-state index contributed by atoms with van der Waals surface area (Å²) in [6.45, 7) is 15.1. The van der Waals surface area contributed by atoms with Crippen molar-refractivity contribution in [3.8, 4) is 17.6 Å². The molecule has 0 saturated carbocycles. The van der Waals surface area contributed by atoms with E-state index in [-0.39, 0.29) is 29.7 Å². The van der Waals surface area contributed by atoms with Crippen LogP contribution in [-0.4, -0.2) is 127 Å². The Morgan fingerprint density at radius 2 is 1.76 bits per heavy atom. The number of nitrogens with zero attached hydrogens (tertiary/aromatic N) is 6. The van der Waals surface area contributed by atoms with Gasteiger partial charge in [-0.1, -0.05) is 42.2 Å². The zero-order valence-corrected chi connectivity index (χ0v) is 40.2. The van der Waals surface area contributed by atoms with Crippen molar-refractivity contribution >= 4 is 76.3 Å². The number of piperidine rings is 2. The second-order valence-corrected chi connectivity index (χ2v) is 21.5. The summed E-state index contributed by atoms with van der Waals surface area (Å²) in [4.78, 5) is 55.8. The molecule has 15 nitrogen and oxygen atoms in total. The number of carbonyl (C=O) groups is 3. The molecule has 0 bridgehead atoms. The highest BCUT2D eigenvalue weighted by molar-refractivity contribution is 7.70. The molecule has 3 amide bonds. The molecular formula is C50H60ClN10O5P. The lowest BCUT2D eigenvalue weighted by Crippen LogP contribution is -2.53. The van der Waals surface area contributed by atoms with Crippen LogP contribution in [0.25, 0.3) is 0 Å². The third-order valence-electron chi connectivity index (χ3n) is 13.1. The van der Waals surface area contributed by atoms with Gasteiger partial charge in [0.2, 0.25) is 17.8 Å². The number of ether oxygens (including phenoxy) is 1. The molecule has 4 aromatic rings. The number of hydrogen-bond donors (Lipinski definition) is 4. The van der Waals surface area contributed by atoms with Crippen molar-refractivity contribution in [1.82, 2.24) is 30.0 Å². The van der Waals surface area contributed by atoms with Gasteiger partial charge in [0, 0.05) is 93.7 Å². The Kier molecular flexibility index (Phi) is 15.2. The summed E-state index contributed by atoms with van der Waals surface area (Å²) >= 11 is 6.53. The first-order valence-electron chi connectivity index (χ1n) is 23.1. The highest BCUT2D eigenvalue weighted by atomic mass is 35.5. The van der Waals surface area contributed by atoms with Crippen molar-refractivity contribution in [2.45, 2.75) is 63.6 Å². The zero-order chi connectivity index (χ0) is 47.1. The van der Waals surface area contributed by atoms with Crippen LogP contribution in [0.3, 0.4) is 0 Å². The molecule has 5 heterocycles. The third-order valence-corrected chi connectivity index (χ3v) is 14.9. The van der Waals surface area contributed by atoms with Gasteiger partial charge < -0.3 is 45.3 Å². The van der Waals surface area contributed by atoms with Gasteiger partial charge in [-0.15, -0.1) is 0 Å². The molecule has 1 unspecified atom stereocenters. The molecule has 4 aliphatic rings. The van der Waals surface area contributed by atoms with E-state index in [0.29, 0.717) is 70.9 Å². The van der Waals surface area contributed by atoms with Gasteiger partial charge in [-0.25, -0.2) is 4.98 Å². The van der Waals surface area contributed by atoms with Gasteiger partial charge in [-0.05, 0) is 100 Å². The van der Waals surface area contributed by atoms with E-state index in [4.69, 9.17) is 16.3 Å². The number of carbonyl (C=O) groups excluding carboxylic acids is 3. The number of halogens is 1. The number of fused-ring (bicyclic) bond motifs is 1. The minimum absolute atomic E-state index is 0.0457. The van der Waals surface area contributed by atoms with Gasteiger partial charge in [-0.3, -0.25) is 19.3 Å². The van der Waals surface area contributed by atoms with Crippen molar-refractivity contribution in [3.05, 3.63) is 95.2 Å². The molecule has 0 aliphatic carbocycles. The van der Waals surface area contributed by atoms with E-state index >= 15 is 0 Å². The predicted molar refractivity (Wildman–Crippen MR) is 267 cm³/mol. The fourth-order valence-electron chi connectivity index (χ4n) is 9.43. The lowest BCUT2D eigenvalue weighted by Gasteiger charge is -2.43. The SMILES string of the molecule is C=CC(=O)Nc1cc(Nc2ncc(Cl)c(Nc3ccccc3P(C)(C)=O)n2)c(OC)cc1N1CCC(N2CCN(CCCCC#Cc3ccc4c(c3)CN(C3CCC(=O)NC3)C4=O)CC2)CC1. The third kappa shape index (κ3) is 11.6. The number of unbranched alkanes of at least 4 members (excludes halogenated alkanes) is 2. The van der Waals surface area contributed by atoms with Crippen LogP contribution in [0.2, 0.25) is 5.02 Å². The number of benzene rings is 3. The van der Waals surface area contributed by atoms with E-state index in [1.54, 1.807) is 20.4 Å². The molecule has 3 fully saturated rings. The van der Waals surface area contributed by atoms with Crippen LogP contribution >= 0.6 is 18.7 Å². The Balaban J connectivity index is 0.810. The molecule has 1 aromatic heterocycles. The number of anilines is 6. The minimum atomic E-state index is -2.60. The smallest absolute Gasteiger partial charge is 0.254 e. The molecular weight excluding hydrogens is 887 g/mol. The van der Waals surface area contributed by atoms with Crippen LogP contribution in [0.15, 0.2) is 73.4 Å². The van der Waals surface area contributed by atoms with Gasteiger partial charge in [0.1, 0.15) is 17.9 Å². The van der Waals surface area contributed by atoms with E-state index in [1.165, 1.54) is 12.3 Å². The molecule has 0 spiro atoms. The Labute approximate surface area is 398 Å². The van der Waals surface area contributed by atoms with Crippen molar-refractivity contribution < 1.29 is 23.7 Å². The number of aromatic nitrogens is 2. The standard InChI is InChI=1S/C50H60ClN10O5P/c1-5-46(62)54-41-29-42(56-50-53-32-39(51)48(57-50)55-40-13-9-10-14-45(40)67(3,4)65)44(66-2)30-43(41)60-22-19-36(20-23-60)59-26-24-58(25-27-59)21-11-7-6-8-12-34-15-17-38-35(28-34)33-61(49(38)64)37-16-18-47(63)52-31-37/h5,9-10,13-15,17,28-30,32,36-37H,1,6-7,11,16,18-27,31,33H2,2-4H3,(H,52,63)(H,54,62)(H2,53,55,56,57).